The topological polar surface area (TPSA) is 97.6 Å². The molecule has 0 bridgehead atoms. The summed E-state index contributed by atoms with van der Waals surface area (Å²) in [6.07, 6.45) is 1.79. The van der Waals surface area contributed by atoms with Crippen LogP contribution in [0.25, 0.3) is 5.65 Å². The maximum absolute atomic E-state index is 12.7. The van der Waals surface area contributed by atoms with Crippen molar-refractivity contribution in [3.63, 3.8) is 0 Å². The van der Waals surface area contributed by atoms with Gasteiger partial charge in [0.25, 0.3) is 17.4 Å². The van der Waals surface area contributed by atoms with Gasteiger partial charge in [-0.25, -0.2) is 0 Å². The molecule has 3 heterocycles. The molecule has 0 spiro atoms. The monoisotopic (exact) mass is 371 g/mol. The number of anilines is 1. The molecule has 26 heavy (non-hydrogen) atoms. The second-order valence-corrected chi connectivity index (χ2v) is 6.39. The molecule has 0 saturated heterocycles. The number of carbonyl (C=O) groups excluding carboxylic acids is 2. The molecule has 1 aliphatic rings. The van der Waals surface area contributed by atoms with E-state index < -0.39 is 17.4 Å². The fourth-order valence-electron chi connectivity index (χ4n) is 2.69. The minimum absolute atomic E-state index is 0.101. The lowest BCUT2D eigenvalue weighted by molar-refractivity contribution is -0.146. The highest BCUT2D eigenvalue weighted by Gasteiger charge is 2.47. The van der Waals surface area contributed by atoms with Gasteiger partial charge in [0, 0.05) is 11.2 Å². The molecule has 1 unspecified atom stereocenters. The first-order chi connectivity index (χ1) is 12.5. The van der Waals surface area contributed by atoms with Gasteiger partial charge in [0.15, 0.2) is 11.5 Å². The number of aromatic nitrogens is 3. The molecule has 0 aliphatic carbocycles. The molecule has 132 valence electrons. The summed E-state index contributed by atoms with van der Waals surface area (Å²) in [6, 6.07) is 10.3. The molecule has 0 saturated carbocycles. The van der Waals surface area contributed by atoms with Gasteiger partial charge in [-0.3, -0.25) is 14.0 Å². The van der Waals surface area contributed by atoms with Crippen LogP contribution in [0.2, 0.25) is 5.02 Å². The predicted octanol–water partition coefficient (Wildman–Crippen LogP) is 1.79. The zero-order chi connectivity index (χ0) is 18.3. The highest BCUT2D eigenvalue weighted by Crippen LogP contribution is 2.35. The van der Waals surface area contributed by atoms with Gasteiger partial charge in [0.05, 0.1) is 12.2 Å². The number of halogens is 1. The van der Waals surface area contributed by atoms with Crippen molar-refractivity contribution in [2.45, 2.75) is 19.1 Å². The third kappa shape index (κ3) is 2.64. The number of ether oxygens (including phenoxy) is 1. The largest absolute Gasteiger partial charge is 0.466 e. The van der Waals surface area contributed by atoms with E-state index in [2.05, 4.69) is 20.8 Å². The molecule has 2 aromatic heterocycles. The van der Waals surface area contributed by atoms with Gasteiger partial charge >= 0.3 is 0 Å². The van der Waals surface area contributed by atoms with Crippen LogP contribution < -0.4 is 15.4 Å². The van der Waals surface area contributed by atoms with Crippen LogP contribution in [0.3, 0.4) is 0 Å². The maximum atomic E-state index is 12.7. The Labute approximate surface area is 153 Å². The Balaban J connectivity index is 1.54. The lowest BCUT2D eigenvalue weighted by Gasteiger charge is -2.33. The van der Waals surface area contributed by atoms with Gasteiger partial charge in [0.2, 0.25) is 0 Å². The molecule has 2 amide bonds. The molecule has 4 rings (SSSR count). The average Bonchev–Trinajstić information content (AvgIpc) is 3.04. The van der Waals surface area contributed by atoms with E-state index in [0.717, 1.165) is 0 Å². The van der Waals surface area contributed by atoms with Crippen molar-refractivity contribution in [1.29, 1.82) is 0 Å². The number of benzene rings is 1. The summed E-state index contributed by atoms with van der Waals surface area (Å²) in [7, 11) is 0. The second-order valence-electron chi connectivity index (χ2n) is 5.96. The fourth-order valence-corrected chi connectivity index (χ4v) is 2.86. The lowest BCUT2D eigenvalue weighted by Crippen LogP contribution is -2.58. The van der Waals surface area contributed by atoms with Crippen molar-refractivity contribution in [1.82, 2.24) is 19.9 Å². The van der Waals surface area contributed by atoms with Crippen LogP contribution in [0, 0.1) is 0 Å². The van der Waals surface area contributed by atoms with Crippen molar-refractivity contribution in [3.05, 3.63) is 53.4 Å². The molecular weight excluding hydrogens is 358 g/mol. The van der Waals surface area contributed by atoms with Gasteiger partial charge < -0.3 is 15.4 Å². The summed E-state index contributed by atoms with van der Waals surface area (Å²) in [6.45, 7) is 1.51. The van der Waals surface area contributed by atoms with E-state index in [1.54, 1.807) is 34.9 Å². The quantitative estimate of drug-likeness (QED) is 0.684. The molecule has 2 N–H and O–H groups in total. The van der Waals surface area contributed by atoms with E-state index in [1.165, 1.54) is 6.92 Å². The van der Waals surface area contributed by atoms with Gasteiger partial charge in [-0.1, -0.05) is 17.7 Å². The van der Waals surface area contributed by atoms with Crippen LogP contribution in [-0.4, -0.2) is 32.0 Å². The highest BCUT2D eigenvalue weighted by atomic mass is 35.5. The Bertz CT molecular complexity index is 1030. The summed E-state index contributed by atoms with van der Waals surface area (Å²) in [5, 5.41) is 13.9. The molecule has 1 atom stereocenters. The van der Waals surface area contributed by atoms with Crippen LogP contribution in [-0.2, 0) is 16.1 Å². The first-order valence-corrected chi connectivity index (χ1v) is 8.22. The lowest BCUT2D eigenvalue weighted by atomic mass is 10.0. The Kier molecular flexibility index (Phi) is 3.77. The summed E-state index contributed by atoms with van der Waals surface area (Å²) >= 11 is 5.91. The van der Waals surface area contributed by atoms with E-state index in [9.17, 15) is 9.59 Å². The maximum Gasteiger partial charge on any atom is 0.278 e. The molecule has 0 fully saturated rings. The van der Waals surface area contributed by atoms with Crippen molar-refractivity contribution in [2.75, 3.05) is 5.32 Å². The van der Waals surface area contributed by atoms with Crippen LogP contribution in [0.5, 0.6) is 5.75 Å². The van der Waals surface area contributed by atoms with Gasteiger partial charge in [-0.05, 0) is 37.3 Å². The minimum Gasteiger partial charge on any atom is -0.466 e. The summed E-state index contributed by atoms with van der Waals surface area (Å²) in [5.41, 5.74) is -0.613. The minimum atomic E-state index is -1.71. The first kappa shape index (κ1) is 16.3. The van der Waals surface area contributed by atoms with Crippen LogP contribution in [0.1, 0.15) is 12.7 Å². The van der Waals surface area contributed by atoms with Crippen LogP contribution in [0.15, 0.2) is 42.6 Å². The normalized spacial score (nSPS) is 18.8. The van der Waals surface area contributed by atoms with Gasteiger partial charge in [-0.15, -0.1) is 10.2 Å². The number of carbonyl (C=O) groups is 2. The SMILES string of the molecule is CC1(C(=O)NCc2nnc3ccccn23)Oc2ccc(Cl)cc2NC1=O. The number of nitrogens with zero attached hydrogens (tertiary/aromatic N) is 3. The zero-order valence-corrected chi connectivity index (χ0v) is 14.4. The number of pyridine rings is 1. The third-order valence-electron chi connectivity index (χ3n) is 4.16. The molecule has 1 aromatic carbocycles. The Hall–Kier alpha value is -3.13. The van der Waals surface area contributed by atoms with Gasteiger partial charge in [0.1, 0.15) is 5.75 Å². The predicted molar refractivity (Wildman–Crippen MR) is 93.9 cm³/mol. The van der Waals surface area contributed by atoms with Crippen LogP contribution >= 0.6 is 11.6 Å². The van der Waals surface area contributed by atoms with Crippen molar-refractivity contribution in [3.8, 4) is 5.75 Å². The van der Waals surface area contributed by atoms with Crippen molar-refractivity contribution in [2.24, 2.45) is 0 Å². The molecule has 9 heteroatoms. The number of nitrogens with one attached hydrogen (secondary N) is 2. The zero-order valence-electron chi connectivity index (χ0n) is 13.7. The molecular formula is C17H14ClN5O3. The summed E-state index contributed by atoms with van der Waals surface area (Å²) in [4.78, 5) is 25.1. The number of hydrogen-bond acceptors (Lipinski definition) is 5. The Morgan fingerprint density at radius 1 is 1.35 bits per heavy atom. The van der Waals surface area contributed by atoms with Gasteiger partial charge in [-0.2, -0.15) is 0 Å². The highest BCUT2D eigenvalue weighted by molar-refractivity contribution is 6.31. The number of fused-ring (bicyclic) bond motifs is 2. The Morgan fingerprint density at radius 2 is 2.19 bits per heavy atom. The average molecular weight is 372 g/mol. The van der Waals surface area contributed by atoms with E-state index in [1.807, 2.05) is 12.1 Å². The molecule has 3 aromatic rings. The number of hydrogen-bond donors (Lipinski definition) is 2. The van der Waals surface area contributed by atoms with Crippen LogP contribution in [0.4, 0.5) is 5.69 Å². The second kappa shape index (κ2) is 5.99. The fraction of sp³-hybridized carbons (Fsp3) is 0.176. The first-order valence-electron chi connectivity index (χ1n) is 7.84. The van der Waals surface area contributed by atoms with Crippen molar-refractivity contribution >= 4 is 34.7 Å². The molecule has 1 aliphatic heterocycles. The standard InChI is InChI=1S/C17H14ClN5O3/c1-17(16(25)20-11-8-10(18)5-6-12(11)26-17)15(24)19-9-14-22-21-13-4-2-3-7-23(13)14/h2-8H,9H2,1H3,(H,19,24)(H,20,25). The van der Waals surface area contributed by atoms with Crippen molar-refractivity contribution < 1.29 is 14.3 Å². The Morgan fingerprint density at radius 3 is 3.04 bits per heavy atom. The number of amides is 2. The van der Waals surface area contributed by atoms with E-state index in [0.29, 0.717) is 27.9 Å². The van der Waals surface area contributed by atoms with E-state index in [-0.39, 0.29) is 6.54 Å². The summed E-state index contributed by atoms with van der Waals surface area (Å²) in [5.74, 6) is -0.236. The molecule has 8 nitrogen and oxygen atoms in total. The smallest absolute Gasteiger partial charge is 0.278 e. The summed E-state index contributed by atoms with van der Waals surface area (Å²) < 4.78 is 7.43. The van der Waals surface area contributed by atoms with E-state index >= 15 is 0 Å². The molecule has 0 radical (unpaired) electrons. The number of rotatable bonds is 3. The third-order valence-corrected chi connectivity index (χ3v) is 4.40. The van der Waals surface area contributed by atoms with E-state index in [4.69, 9.17) is 16.3 Å².